The van der Waals surface area contributed by atoms with E-state index in [0.29, 0.717) is 19.0 Å². The average Bonchev–Trinajstić information content (AvgIpc) is 2.23. The summed E-state index contributed by atoms with van der Waals surface area (Å²) in [5.74, 6) is 0.673. The summed E-state index contributed by atoms with van der Waals surface area (Å²) in [6.45, 7) is 12.1. The lowest BCUT2D eigenvalue weighted by atomic mass is 10.1. The van der Waals surface area contributed by atoms with Gasteiger partial charge in [-0.1, -0.05) is 26.3 Å². The van der Waals surface area contributed by atoms with Crippen LogP contribution in [0, 0.1) is 5.92 Å². The molecule has 1 N–H and O–H groups in total. The van der Waals surface area contributed by atoms with Gasteiger partial charge < -0.3 is 10.2 Å². The lowest BCUT2D eigenvalue weighted by Crippen LogP contribution is -2.40. The minimum atomic E-state index is 0.0145. The molecule has 0 aliphatic heterocycles. The Hall–Kier alpha value is -0.990. The van der Waals surface area contributed by atoms with Gasteiger partial charge in [0.2, 0.25) is 0 Å². The zero-order chi connectivity index (χ0) is 11.7. The van der Waals surface area contributed by atoms with E-state index in [0.717, 1.165) is 19.4 Å². The van der Waals surface area contributed by atoms with E-state index in [1.54, 1.807) is 6.08 Å². The highest BCUT2D eigenvalue weighted by atomic mass is 16.2. The molecule has 0 heterocycles. The highest BCUT2D eigenvalue weighted by Crippen LogP contribution is 2.07. The van der Waals surface area contributed by atoms with Gasteiger partial charge in [0, 0.05) is 19.6 Å². The summed E-state index contributed by atoms with van der Waals surface area (Å²) in [5, 5.41) is 2.81. The normalized spacial score (nSPS) is 11.9. The molecular formula is C12H24N2O. The topological polar surface area (TPSA) is 32.3 Å². The number of carbonyl (C=O) groups is 1. The molecule has 0 aromatic heterocycles. The van der Waals surface area contributed by atoms with E-state index in [-0.39, 0.29) is 6.03 Å². The van der Waals surface area contributed by atoms with E-state index in [9.17, 15) is 4.79 Å². The van der Waals surface area contributed by atoms with Gasteiger partial charge in [0.25, 0.3) is 0 Å². The van der Waals surface area contributed by atoms with Gasteiger partial charge in [0.1, 0.15) is 0 Å². The fourth-order valence-corrected chi connectivity index (χ4v) is 1.27. The highest BCUT2D eigenvalue weighted by molar-refractivity contribution is 5.74. The van der Waals surface area contributed by atoms with Gasteiger partial charge in [0.05, 0.1) is 0 Å². The molecule has 0 radical (unpaired) electrons. The van der Waals surface area contributed by atoms with Gasteiger partial charge in [-0.25, -0.2) is 4.79 Å². The van der Waals surface area contributed by atoms with Crippen LogP contribution < -0.4 is 5.32 Å². The molecule has 15 heavy (non-hydrogen) atoms. The van der Waals surface area contributed by atoms with Crippen molar-refractivity contribution in [2.24, 2.45) is 5.92 Å². The maximum Gasteiger partial charge on any atom is 0.317 e. The fraction of sp³-hybridized carbons (Fsp3) is 0.750. The molecule has 0 rings (SSSR count). The third-order valence-corrected chi connectivity index (χ3v) is 2.55. The van der Waals surface area contributed by atoms with Crippen molar-refractivity contribution in [3.63, 3.8) is 0 Å². The molecule has 0 fully saturated rings. The number of nitrogens with one attached hydrogen (secondary N) is 1. The summed E-state index contributed by atoms with van der Waals surface area (Å²) >= 11 is 0. The second kappa shape index (κ2) is 8.33. The fourth-order valence-electron chi connectivity index (χ4n) is 1.27. The number of urea groups is 1. The summed E-state index contributed by atoms with van der Waals surface area (Å²) < 4.78 is 0. The molecule has 3 nitrogen and oxygen atoms in total. The Kier molecular flexibility index (Phi) is 7.78. The SMILES string of the molecule is C=CCN(CCC(C)CC)C(=O)NCC. The minimum Gasteiger partial charge on any atom is -0.338 e. The lowest BCUT2D eigenvalue weighted by molar-refractivity contribution is 0.200. The summed E-state index contributed by atoms with van der Waals surface area (Å²) in [6.07, 6.45) is 3.99. The maximum atomic E-state index is 11.6. The van der Waals surface area contributed by atoms with Crippen molar-refractivity contribution in [1.29, 1.82) is 0 Å². The first-order chi connectivity index (χ1) is 7.15. The monoisotopic (exact) mass is 212 g/mol. The van der Waals surface area contributed by atoms with Crippen LogP contribution in [-0.2, 0) is 0 Å². The molecule has 3 heteroatoms. The van der Waals surface area contributed by atoms with Gasteiger partial charge in [-0.05, 0) is 19.3 Å². The Morgan fingerprint density at radius 2 is 2.20 bits per heavy atom. The van der Waals surface area contributed by atoms with Crippen molar-refractivity contribution in [1.82, 2.24) is 10.2 Å². The van der Waals surface area contributed by atoms with Gasteiger partial charge in [-0.15, -0.1) is 6.58 Å². The highest BCUT2D eigenvalue weighted by Gasteiger charge is 2.11. The number of hydrogen-bond acceptors (Lipinski definition) is 1. The van der Waals surface area contributed by atoms with Crippen molar-refractivity contribution < 1.29 is 4.79 Å². The average molecular weight is 212 g/mol. The van der Waals surface area contributed by atoms with E-state index in [1.807, 2.05) is 11.8 Å². The van der Waals surface area contributed by atoms with Crippen molar-refractivity contribution in [2.75, 3.05) is 19.6 Å². The van der Waals surface area contributed by atoms with Crippen LogP contribution in [0.3, 0.4) is 0 Å². The largest absolute Gasteiger partial charge is 0.338 e. The van der Waals surface area contributed by atoms with E-state index >= 15 is 0 Å². The van der Waals surface area contributed by atoms with E-state index < -0.39 is 0 Å². The molecule has 0 bridgehead atoms. The molecule has 1 atom stereocenters. The summed E-state index contributed by atoms with van der Waals surface area (Å²) in [7, 11) is 0. The Balaban J connectivity index is 4.02. The first-order valence-corrected chi connectivity index (χ1v) is 5.79. The molecule has 0 aromatic carbocycles. The van der Waals surface area contributed by atoms with Crippen LogP contribution in [0.2, 0.25) is 0 Å². The Morgan fingerprint density at radius 1 is 1.53 bits per heavy atom. The second-order valence-electron chi connectivity index (χ2n) is 3.87. The van der Waals surface area contributed by atoms with Crippen molar-refractivity contribution in [2.45, 2.75) is 33.6 Å². The van der Waals surface area contributed by atoms with Crippen LogP contribution in [0.5, 0.6) is 0 Å². The molecule has 2 amide bonds. The van der Waals surface area contributed by atoms with Gasteiger partial charge in [-0.2, -0.15) is 0 Å². The van der Waals surface area contributed by atoms with Gasteiger partial charge in [0.15, 0.2) is 0 Å². The van der Waals surface area contributed by atoms with Crippen molar-refractivity contribution >= 4 is 6.03 Å². The van der Waals surface area contributed by atoms with E-state index in [4.69, 9.17) is 0 Å². The number of carbonyl (C=O) groups excluding carboxylic acids is 1. The lowest BCUT2D eigenvalue weighted by Gasteiger charge is -2.22. The number of hydrogen-bond donors (Lipinski definition) is 1. The Morgan fingerprint density at radius 3 is 2.67 bits per heavy atom. The van der Waals surface area contributed by atoms with Crippen molar-refractivity contribution in [3.8, 4) is 0 Å². The molecule has 0 aliphatic carbocycles. The Bertz CT molecular complexity index is 192. The molecule has 0 aliphatic rings. The maximum absolute atomic E-state index is 11.6. The van der Waals surface area contributed by atoms with Crippen LogP contribution in [0.4, 0.5) is 4.79 Å². The zero-order valence-corrected chi connectivity index (χ0v) is 10.3. The third kappa shape index (κ3) is 6.15. The predicted octanol–water partition coefficient (Wildman–Crippen LogP) is 2.64. The van der Waals surface area contributed by atoms with E-state index in [1.165, 1.54) is 0 Å². The number of rotatable bonds is 7. The molecule has 0 aromatic rings. The second-order valence-corrected chi connectivity index (χ2v) is 3.87. The van der Waals surface area contributed by atoms with Crippen LogP contribution in [-0.4, -0.2) is 30.6 Å². The molecular weight excluding hydrogens is 188 g/mol. The van der Waals surface area contributed by atoms with Crippen LogP contribution >= 0.6 is 0 Å². The standard InChI is InChI=1S/C12H24N2O/c1-5-9-14(12(15)13-7-3)10-8-11(4)6-2/h5,11H,1,6-10H2,2-4H3,(H,13,15). The number of nitrogens with zero attached hydrogens (tertiary/aromatic N) is 1. The van der Waals surface area contributed by atoms with E-state index in [2.05, 4.69) is 25.7 Å². The first-order valence-electron chi connectivity index (χ1n) is 5.79. The van der Waals surface area contributed by atoms with Gasteiger partial charge >= 0.3 is 6.03 Å². The summed E-state index contributed by atoms with van der Waals surface area (Å²) in [6, 6.07) is 0.0145. The molecule has 0 spiro atoms. The first kappa shape index (κ1) is 14.0. The van der Waals surface area contributed by atoms with Crippen LogP contribution in [0.25, 0.3) is 0 Å². The third-order valence-electron chi connectivity index (χ3n) is 2.55. The van der Waals surface area contributed by atoms with Crippen molar-refractivity contribution in [3.05, 3.63) is 12.7 Å². The van der Waals surface area contributed by atoms with Gasteiger partial charge in [-0.3, -0.25) is 0 Å². The summed E-state index contributed by atoms with van der Waals surface area (Å²) in [5.41, 5.74) is 0. The molecule has 0 saturated heterocycles. The van der Waals surface area contributed by atoms with Crippen LogP contribution in [0.15, 0.2) is 12.7 Å². The quantitative estimate of drug-likeness (QED) is 0.646. The predicted molar refractivity (Wildman–Crippen MR) is 64.9 cm³/mol. The zero-order valence-electron chi connectivity index (χ0n) is 10.3. The molecule has 88 valence electrons. The molecule has 1 unspecified atom stereocenters. The summed E-state index contributed by atoms with van der Waals surface area (Å²) in [4.78, 5) is 13.4. The Labute approximate surface area is 93.5 Å². The molecule has 0 saturated carbocycles. The smallest absolute Gasteiger partial charge is 0.317 e. The number of amides is 2. The van der Waals surface area contributed by atoms with Crippen LogP contribution in [0.1, 0.15) is 33.6 Å². The minimum absolute atomic E-state index is 0.0145.